The Morgan fingerprint density at radius 2 is 2.17 bits per heavy atom. The van der Waals surface area contributed by atoms with Gasteiger partial charge < -0.3 is 9.15 Å². The second-order valence-electron chi connectivity index (χ2n) is 5.13. The molecule has 7 nitrogen and oxygen atoms in total. The number of hydrogen-bond donors (Lipinski definition) is 0. The number of tetrazole rings is 1. The predicted molar refractivity (Wildman–Crippen MR) is 84.7 cm³/mol. The van der Waals surface area contributed by atoms with E-state index in [0.717, 1.165) is 17.4 Å². The first-order valence-corrected chi connectivity index (χ1v) is 7.58. The van der Waals surface area contributed by atoms with Gasteiger partial charge in [0, 0.05) is 24.1 Å². The smallest absolute Gasteiger partial charge is 0.336 e. The monoisotopic (exact) mass is 334 g/mol. The van der Waals surface area contributed by atoms with E-state index >= 15 is 0 Å². The van der Waals surface area contributed by atoms with Crippen LogP contribution in [-0.4, -0.2) is 20.2 Å². The number of fused-ring (bicyclic) bond motifs is 1. The van der Waals surface area contributed by atoms with Crippen molar-refractivity contribution in [2.45, 2.75) is 33.4 Å². The van der Waals surface area contributed by atoms with Gasteiger partial charge in [-0.2, -0.15) is 0 Å². The number of nitrogens with zero attached hydrogens (tertiary/aromatic N) is 4. The van der Waals surface area contributed by atoms with Crippen LogP contribution in [0, 0.1) is 6.92 Å². The molecule has 3 rings (SSSR count). The predicted octanol–water partition coefficient (Wildman–Crippen LogP) is 2.73. The third-order valence-electron chi connectivity index (χ3n) is 3.40. The fourth-order valence-corrected chi connectivity index (χ4v) is 2.50. The van der Waals surface area contributed by atoms with Crippen LogP contribution < -0.4 is 10.4 Å². The fraction of sp³-hybridized carbons (Fsp3) is 0.333. The molecule has 0 fully saturated rings. The molecule has 0 spiro atoms. The SMILES string of the molecule is CCCn1nnnc1COc1cc2oc(=O)cc(C)c2cc1Cl. The zero-order valence-corrected chi connectivity index (χ0v) is 13.5. The maximum absolute atomic E-state index is 11.5. The standard InChI is InChI=1S/C15H15ClN4O3/c1-3-4-20-14(17-18-19-20)8-22-13-7-12-10(6-11(13)16)9(2)5-15(21)23-12/h5-7H,3-4,8H2,1-2H3. The summed E-state index contributed by atoms with van der Waals surface area (Å²) in [7, 11) is 0. The van der Waals surface area contributed by atoms with E-state index in [4.69, 9.17) is 20.8 Å². The lowest BCUT2D eigenvalue weighted by atomic mass is 10.1. The van der Waals surface area contributed by atoms with Gasteiger partial charge in [0.1, 0.15) is 17.9 Å². The van der Waals surface area contributed by atoms with Crippen LogP contribution in [0.5, 0.6) is 5.75 Å². The van der Waals surface area contributed by atoms with Gasteiger partial charge in [-0.1, -0.05) is 18.5 Å². The quantitative estimate of drug-likeness (QED) is 0.667. The summed E-state index contributed by atoms with van der Waals surface area (Å²) >= 11 is 6.25. The van der Waals surface area contributed by atoms with E-state index in [1.165, 1.54) is 6.07 Å². The van der Waals surface area contributed by atoms with Crippen molar-refractivity contribution >= 4 is 22.6 Å². The van der Waals surface area contributed by atoms with Crippen LogP contribution in [0.1, 0.15) is 24.7 Å². The van der Waals surface area contributed by atoms with Gasteiger partial charge in [-0.25, -0.2) is 9.48 Å². The molecule has 23 heavy (non-hydrogen) atoms. The molecule has 8 heteroatoms. The van der Waals surface area contributed by atoms with Gasteiger partial charge >= 0.3 is 5.63 Å². The van der Waals surface area contributed by atoms with Crippen molar-refractivity contribution in [3.8, 4) is 5.75 Å². The second kappa shape index (κ2) is 6.37. The number of hydrogen-bond acceptors (Lipinski definition) is 6. The van der Waals surface area contributed by atoms with E-state index in [9.17, 15) is 4.79 Å². The molecule has 0 bridgehead atoms. The third-order valence-corrected chi connectivity index (χ3v) is 3.70. The minimum Gasteiger partial charge on any atom is -0.484 e. The molecule has 0 unspecified atom stereocenters. The zero-order valence-electron chi connectivity index (χ0n) is 12.7. The highest BCUT2D eigenvalue weighted by molar-refractivity contribution is 6.32. The molecule has 2 aromatic heterocycles. The number of aryl methyl sites for hydroxylation is 2. The van der Waals surface area contributed by atoms with Crippen LogP contribution >= 0.6 is 11.6 Å². The van der Waals surface area contributed by atoms with E-state index in [2.05, 4.69) is 15.5 Å². The van der Waals surface area contributed by atoms with E-state index in [-0.39, 0.29) is 6.61 Å². The summed E-state index contributed by atoms with van der Waals surface area (Å²) < 4.78 is 12.6. The minimum absolute atomic E-state index is 0.175. The second-order valence-corrected chi connectivity index (χ2v) is 5.54. The highest BCUT2D eigenvalue weighted by Gasteiger charge is 2.11. The van der Waals surface area contributed by atoms with Crippen LogP contribution in [0.2, 0.25) is 5.02 Å². The normalized spacial score (nSPS) is 11.1. The van der Waals surface area contributed by atoms with Crippen molar-refractivity contribution in [1.29, 1.82) is 0 Å². The lowest BCUT2D eigenvalue weighted by Crippen LogP contribution is -2.08. The van der Waals surface area contributed by atoms with Crippen molar-refractivity contribution in [2.24, 2.45) is 0 Å². The highest BCUT2D eigenvalue weighted by atomic mass is 35.5. The van der Waals surface area contributed by atoms with E-state index in [0.29, 0.717) is 28.7 Å². The van der Waals surface area contributed by atoms with Crippen molar-refractivity contribution in [3.63, 3.8) is 0 Å². The highest BCUT2D eigenvalue weighted by Crippen LogP contribution is 2.31. The van der Waals surface area contributed by atoms with E-state index < -0.39 is 5.63 Å². The van der Waals surface area contributed by atoms with Crippen molar-refractivity contribution < 1.29 is 9.15 Å². The van der Waals surface area contributed by atoms with Gasteiger partial charge in [0.05, 0.1) is 5.02 Å². The Hall–Kier alpha value is -2.41. The van der Waals surface area contributed by atoms with Gasteiger partial charge in [0.25, 0.3) is 0 Å². The van der Waals surface area contributed by atoms with E-state index in [1.54, 1.807) is 16.8 Å². The van der Waals surface area contributed by atoms with Crippen molar-refractivity contribution in [3.05, 3.63) is 45.0 Å². The summed E-state index contributed by atoms with van der Waals surface area (Å²) in [6.07, 6.45) is 0.916. The lowest BCUT2D eigenvalue weighted by molar-refractivity contribution is 0.286. The molecule has 0 aliphatic rings. The van der Waals surface area contributed by atoms with Crippen LogP contribution in [0.25, 0.3) is 11.0 Å². The molecule has 0 saturated carbocycles. The topological polar surface area (TPSA) is 83.0 Å². The molecule has 0 aliphatic carbocycles. The molecular weight excluding hydrogens is 320 g/mol. The summed E-state index contributed by atoms with van der Waals surface area (Å²) in [5.41, 5.74) is 0.828. The van der Waals surface area contributed by atoms with Gasteiger partial charge in [-0.3, -0.25) is 0 Å². The minimum atomic E-state index is -0.407. The van der Waals surface area contributed by atoms with Gasteiger partial charge in [-0.05, 0) is 35.4 Å². The summed E-state index contributed by atoms with van der Waals surface area (Å²) in [4.78, 5) is 11.5. The molecule has 0 atom stereocenters. The van der Waals surface area contributed by atoms with Gasteiger partial charge in [0.2, 0.25) is 0 Å². The molecule has 0 N–H and O–H groups in total. The molecular formula is C15H15ClN4O3. The molecule has 0 saturated heterocycles. The largest absolute Gasteiger partial charge is 0.484 e. The Kier molecular flexibility index (Phi) is 4.29. The maximum Gasteiger partial charge on any atom is 0.336 e. The molecule has 0 radical (unpaired) electrons. The number of aromatic nitrogens is 4. The lowest BCUT2D eigenvalue weighted by Gasteiger charge is -2.09. The molecule has 0 aliphatic heterocycles. The van der Waals surface area contributed by atoms with Gasteiger partial charge in [-0.15, -0.1) is 5.10 Å². The van der Waals surface area contributed by atoms with E-state index in [1.807, 2.05) is 13.8 Å². The molecule has 3 aromatic rings. The summed E-state index contributed by atoms with van der Waals surface area (Å²) in [6, 6.07) is 4.76. The molecule has 120 valence electrons. The average molecular weight is 335 g/mol. The Morgan fingerprint density at radius 3 is 2.96 bits per heavy atom. The Bertz CT molecular complexity index is 903. The third kappa shape index (κ3) is 3.19. The Labute approximate surface area is 136 Å². The van der Waals surface area contributed by atoms with Crippen LogP contribution in [0.15, 0.2) is 27.4 Å². The number of benzene rings is 1. The first-order valence-electron chi connectivity index (χ1n) is 7.20. The van der Waals surface area contributed by atoms with Crippen LogP contribution in [0.3, 0.4) is 0 Å². The number of ether oxygens (including phenoxy) is 1. The van der Waals surface area contributed by atoms with Crippen molar-refractivity contribution in [2.75, 3.05) is 0 Å². The molecule has 2 heterocycles. The first-order chi connectivity index (χ1) is 11.1. The number of halogens is 1. The Morgan fingerprint density at radius 1 is 1.35 bits per heavy atom. The van der Waals surface area contributed by atoms with Gasteiger partial charge in [0.15, 0.2) is 5.82 Å². The first kappa shape index (κ1) is 15.5. The van der Waals surface area contributed by atoms with Crippen molar-refractivity contribution in [1.82, 2.24) is 20.2 Å². The Balaban J connectivity index is 1.89. The zero-order chi connectivity index (χ0) is 16.4. The fourth-order valence-electron chi connectivity index (χ4n) is 2.28. The molecule has 0 amide bonds. The number of rotatable bonds is 5. The summed E-state index contributed by atoms with van der Waals surface area (Å²) in [5, 5.41) is 12.7. The maximum atomic E-state index is 11.5. The van der Waals surface area contributed by atoms with Crippen LogP contribution in [0.4, 0.5) is 0 Å². The van der Waals surface area contributed by atoms with Crippen LogP contribution in [-0.2, 0) is 13.2 Å². The summed E-state index contributed by atoms with van der Waals surface area (Å²) in [6.45, 7) is 4.76. The summed E-state index contributed by atoms with van der Waals surface area (Å²) in [5.74, 6) is 1.02. The average Bonchev–Trinajstić information content (AvgIpc) is 2.94. The molecule has 1 aromatic carbocycles.